The van der Waals surface area contributed by atoms with Crippen LogP contribution in [-0.2, 0) is 6.18 Å². The number of hydrogen-bond acceptors (Lipinski definition) is 2. The highest BCUT2D eigenvalue weighted by atomic mass is 35.5. The van der Waals surface area contributed by atoms with Gasteiger partial charge in [0.25, 0.3) is 0 Å². The molecule has 2 nitrogen and oxygen atoms in total. The van der Waals surface area contributed by atoms with Crippen LogP contribution in [0.4, 0.5) is 24.7 Å². The van der Waals surface area contributed by atoms with Crippen molar-refractivity contribution in [1.82, 2.24) is 4.98 Å². The van der Waals surface area contributed by atoms with Gasteiger partial charge < -0.3 is 5.32 Å². The summed E-state index contributed by atoms with van der Waals surface area (Å²) in [6.07, 6.45) is -3.69. The minimum atomic E-state index is -4.45. The van der Waals surface area contributed by atoms with Crippen molar-refractivity contribution >= 4 is 23.1 Å². The Morgan fingerprint density at radius 2 is 1.89 bits per heavy atom. The predicted molar refractivity (Wildman–Crippen MR) is 68.7 cm³/mol. The lowest BCUT2D eigenvalue weighted by molar-refractivity contribution is -0.137. The second-order valence-electron chi connectivity index (χ2n) is 3.99. The number of aromatic nitrogens is 1. The number of alkyl halides is 3. The van der Waals surface area contributed by atoms with Gasteiger partial charge in [-0.1, -0.05) is 29.8 Å². The molecule has 1 N–H and O–H groups in total. The number of para-hydroxylation sites is 1. The molecule has 0 aliphatic heterocycles. The van der Waals surface area contributed by atoms with Crippen LogP contribution < -0.4 is 5.32 Å². The van der Waals surface area contributed by atoms with E-state index in [1.54, 1.807) is 6.07 Å². The monoisotopic (exact) mass is 286 g/mol. The van der Waals surface area contributed by atoms with Crippen LogP contribution in [0.3, 0.4) is 0 Å². The summed E-state index contributed by atoms with van der Waals surface area (Å²) in [6.45, 7) is 1.88. The standard InChI is InChI=1S/C13H10ClF3N2/c1-8-4-2-3-5-11(8)19-12-10(14)6-9(7-18-12)13(15,16)17/h2-7H,1H3,(H,18,19). The van der Waals surface area contributed by atoms with E-state index in [4.69, 9.17) is 11.6 Å². The first-order valence-electron chi connectivity index (χ1n) is 5.43. The van der Waals surface area contributed by atoms with Crippen LogP contribution in [0.25, 0.3) is 0 Å². The molecule has 0 saturated carbocycles. The van der Waals surface area contributed by atoms with Gasteiger partial charge in [-0.05, 0) is 24.6 Å². The van der Waals surface area contributed by atoms with Crippen molar-refractivity contribution in [2.45, 2.75) is 13.1 Å². The van der Waals surface area contributed by atoms with Crippen molar-refractivity contribution in [2.24, 2.45) is 0 Å². The number of pyridine rings is 1. The normalized spacial score (nSPS) is 11.4. The molecule has 0 unspecified atom stereocenters. The fourth-order valence-electron chi connectivity index (χ4n) is 1.53. The largest absolute Gasteiger partial charge is 0.417 e. The maximum atomic E-state index is 12.5. The molecule has 0 aliphatic carbocycles. The Hall–Kier alpha value is -1.75. The summed E-state index contributed by atoms with van der Waals surface area (Å²) >= 11 is 5.81. The Balaban J connectivity index is 2.30. The first-order valence-corrected chi connectivity index (χ1v) is 5.81. The smallest absolute Gasteiger partial charge is 0.339 e. The molecule has 0 fully saturated rings. The highest BCUT2D eigenvalue weighted by molar-refractivity contribution is 6.33. The van der Waals surface area contributed by atoms with Gasteiger partial charge in [0.1, 0.15) is 5.82 Å². The lowest BCUT2D eigenvalue weighted by atomic mass is 10.2. The van der Waals surface area contributed by atoms with Crippen LogP contribution in [0.5, 0.6) is 0 Å². The average Bonchev–Trinajstić information content (AvgIpc) is 2.33. The Bertz CT molecular complexity index is 597. The van der Waals surface area contributed by atoms with Crippen LogP contribution in [0.1, 0.15) is 11.1 Å². The summed E-state index contributed by atoms with van der Waals surface area (Å²) < 4.78 is 37.4. The predicted octanol–water partition coefficient (Wildman–Crippen LogP) is 4.81. The van der Waals surface area contributed by atoms with Crippen molar-refractivity contribution in [2.75, 3.05) is 5.32 Å². The zero-order valence-electron chi connectivity index (χ0n) is 9.92. The third-order valence-electron chi connectivity index (χ3n) is 2.57. The van der Waals surface area contributed by atoms with Crippen molar-refractivity contribution < 1.29 is 13.2 Å². The molecule has 6 heteroatoms. The number of nitrogens with zero attached hydrogens (tertiary/aromatic N) is 1. The summed E-state index contributed by atoms with van der Waals surface area (Å²) in [5.74, 6) is 0.198. The SMILES string of the molecule is Cc1ccccc1Nc1ncc(C(F)(F)F)cc1Cl. The van der Waals surface area contributed by atoms with Gasteiger partial charge in [-0.15, -0.1) is 0 Å². The second-order valence-corrected chi connectivity index (χ2v) is 4.40. The van der Waals surface area contributed by atoms with Crippen LogP contribution in [0.2, 0.25) is 5.02 Å². The summed E-state index contributed by atoms with van der Waals surface area (Å²) in [5, 5.41) is 2.84. The summed E-state index contributed by atoms with van der Waals surface area (Å²) in [6, 6.07) is 8.20. The Kier molecular flexibility index (Phi) is 3.66. The third kappa shape index (κ3) is 3.17. The van der Waals surface area contributed by atoms with Crippen LogP contribution in [-0.4, -0.2) is 4.98 Å². The van der Waals surface area contributed by atoms with E-state index in [9.17, 15) is 13.2 Å². The maximum absolute atomic E-state index is 12.5. The molecule has 0 spiro atoms. The topological polar surface area (TPSA) is 24.9 Å². The van der Waals surface area contributed by atoms with Crippen LogP contribution >= 0.6 is 11.6 Å². The van der Waals surface area contributed by atoms with E-state index >= 15 is 0 Å². The van der Waals surface area contributed by atoms with Crippen LogP contribution in [0, 0.1) is 6.92 Å². The van der Waals surface area contributed by atoms with Crippen molar-refractivity contribution in [3.63, 3.8) is 0 Å². The number of halogens is 4. The fourth-order valence-corrected chi connectivity index (χ4v) is 1.74. The lowest BCUT2D eigenvalue weighted by Gasteiger charge is -2.12. The van der Waals surface area contributed by atoms with E-state index < -0.39 is 11.7 Å². The molecule has 0 saturated heterocycles. The Labute approximate surface area is 113 Å². The number of rotatable bonds is 2. The number of aryl methyl sites for hydroxylation is 1. The molecule has 0 aliphatic rings. The molecule has 100 valence electrons. The zero-order valence-corrected chi connectivity index (χ0v) is 10.7. The number of anilines is 2. The van der Waals surface area contributed by atoms with Gasteiger partial charge in [0.05, 0.1) is 10.6 Å². The molecular weight excluding hydrogens is 277 g/mol. The van der Waals surface area contributed by atoms with E-state index in [1.165, 1.54) is 0 Å². The molecule has 2 rings (SSSR count). The van der Waals surface area contributed by atoms with E-state index in [0.29, 0.717) is 0 Å². The summed E-state index contributed by atoms with van der Waals surface area (Å²) in [4.78, 5) is 3.72. The van der Waals surface area contributed by atoms with Gasteiger partial charge in [-0.3, -0.25) is 0 Å². The van der Waals surface area contributed by atoms with E-state index in [0.717, 1.165) is 23.5 Å². The van der Waals surface area contributed by atoms with E-state index in [1.807, 2.05) is 25.1 Å². The molecule has 0 amide bonds. The first kappa shape index (κ1) is 13.7. The first-order chi connectivity index (χ1) is 8.88. The summed E-state index contributed by atoms with van der Waals surface area (Å²) in [7, 11) is 0. The highest BCUT2D eigenvalue weighted by Gasteiger charge is 2.31. The molecule has 0 bridgehead atoms. The Morgan fingerprint density at radius 3 is 2.47 bits per heavy atom. The van der Waals surface area contributed by atoms with Gasteiger partial charge in [-0.25, -0.2) is 4.98 Å². The van der Waals surface area contributed by atoms with Crippen molar-refractivity contribution in [3.05, 3.63) is 52.7 Å². The molecule has 2 aromatic rings. The van der Waals surface area contributed by atoms with Crippen LogP contribution in [0.15, 0.2) is 36.5 Å². The zero-order chi connectivity index (χ0) is 14.0. The van der Waals surface area contributed by atoms with Gasteiger partial charge in [0.15, 0.2) is 0 Å². The molecule has 1 aromatic heterocycles. The van der Waals surface area contributed by atoms with Gasteiger partial charge >= 0.3 is 6.18 Å². The molecular formula is C13H10ClF3N2. The number of benzene rings is 1. The van der Waals surface area contributed by atoms with E-state index in [-0.39, 0.29) is 10.8 Å². The molecule has 1 aromatic carbocycles. The fraction of sp³-hybridized carbons (Fsp3) is 0.154. The minimum absolute atomic E-state index is 0.0712. The maximum Gasteiger partial charge on any atom is 0.417 e. The van der Waals surface area contributed by atoms with E-state index in [2.05, 4.69) is 10.3 Å². The average molecular weight is 287 g/mol. The molecule has 19 heavy (non-hydrogen) atoms. The molecule has 1 heterocycles. The van der Waals surface area contributed by atoms with Gasteiger partial charge in [0, 0.05) is 11.9 Å². The quantitative estimate of drug-likeness (QED) is 0.857. The molecule has 0 radical (unpaired) electrons. The molecule has 0 atom stereocenters. The Morgan fingerprint density at radius 1 is 1.21 bits per heavy atom. The lowest BCUT2D eigenvalue weighted by Crippen LogP contribution is -2.06. The summed E-state index contributed by atoms with van der Waals surface area (Å²) in [5.41, 5.74) is 0.824. The minimum Gasteiger partial charge on any atom is -0.339 e. The van der Waals surface area contributed by atoms with Gasteiger partial charge in [-0.2, -0.15) is 13.2 Å². The van der Waals surface area contributed by atoms with Crippen molar-refractivity contribution in [3.8, 4) is 0 Å². The number of nitrogens with one attached hydrogen (secondary N) is 1. The third-order valence-corrected chi connectivity index (χ3v) is 2.85. The number of hydrogen-bond donors (Lipinski definition) is 1. The van der Waals surface area contributed by atoms with Gasteiger partial charge in [0.2, 0.25) is 0 Å². The second kappa shape index (κ2) is 5.09. The highest BCUT2D eigenvalue weighted by Crippen LogP contribution is 2.33. The van der Waals surface area contributed by atoms with Crippen molar-refractivity contribution in [1.29, 1.82) is 0 Å².